The predicted molar refractivity (Wildman–Crippen MR) is 161 cm³/mol. The Morgan fingerprint density at radius 1 is 1.07 bits per heavy atom. The molecule has 0 aliphatic carbocycles. The molecule has 0 bridgehead atoms. The number of hydrogen-bond acceptors (Lipinski definition) is 8. The zero-order valence-electron chi connectivity index (χ0n) is 25.0. The number of anilines is 1. The van der Waals surface area contributed by atoms with E-state index in [1.165, 1.54) is 17.0 Å². The lowest BCUT2D eigenvalue weighted by molar-refractivity contribution is -0.274. The van der Waals surface area contributed by atoms with Crippen LogP contribution in [0.15, 0.2) is 49.2 Å². The van der Waals surface area contributed by atoms with Crippen LogP contribution >= 0.6 is 11.6 Å². The van der Waals surface area contributed by atoms with Gasteiger partial charge in [-0.15, -0.1) is 23.4 Å². The molecule has 1 amide bonds. The topological polar surface area (TPSA) is 113 Å². The quantitative estimate of drug-likeness (QED) is 0.165. The van der Waals surface area contributed by atoms with Gasteiger partial charge in [0, 0.05) is 37.3 Å². The second-order valence-corrected chi connectivity index (χ2v) is 11.8. The van der Waals surface area contributed by atoms with Crippen LogP contribution in [-0.4, -0.2) is 86.0 Å². The molecule has 15 heteroatoms. The molecular formula is C29H36ClF3N8O3. The van der Waals surface area contributed by atoms with Gasteiger partial charge in [0.25, 0.3) is 0 Å². The van der Waals surface area contributed by atoms with Gasteiger partial charge < -0.3 is 24.6 Å². The molecule has 0 radical (unpaired) electrons. The summed E-state index contributed by atoms with van der Waals surface area (Å²) in [5.41, 5.74) is 2.60. The Morgan fingerprint density at radius 2 is 1.80 bits per heavy atom. The van der Waals surface area contributed by atoms with Gasteiger partial charge in [0.15, 0.2) is 0 Å². The number of fused-ring (bicyclic) bond motifs is 1. The van der Waals surface area contributed by atoms with Gasteiger partial charge in [-0.25, -0.2) is 4.79 Å². The molecule has 2 aromatic heterocycles. The highest BCUT2D eigenvalue weighted by Crippen LogP contribution is 2.31. The summed E-state index contributed by atoms with van der Waals surface area (Å²) in [4.78, 5) is 16.7. The van der Waals surface area contributed by atoms with Crippen LogP contribution in [0.25, 0.3) is 16.6 Å². The first-order valence-corrected chi connectivity index (χ1v) is 14.4. The Kier molecular flexibility index (Phi) is 10.6. The zero-order chi connectivity index (χ0) is 31.9. The lowest BCUT2D eigenvalue weighted by atomic mass is 10.2. The van der Waals surface area contributed by atoms with Crippen LogP contribution in [0.2, 0.25) is 5.02 Å². The molecule has 4 aromatic rings. The molecule has 0 spiro atoms. The van der Waals surface area contributed by atoms with Crippen molar-refractivity contribution in [2.45, 2.75) is 52.1 Å². The average molecular weight is 637 g/mol. The van der Waals surface area contributed by atoms with Gasteiger partial charge in [-0.3, -0.25) is 9.67 Å². The number of aromatic amines is 1. The van der Waals surface area contributed by atoms with E-state index in [2.05, 4.69) is 35.3 Å². The first kappa shape index (κ1) is 32.9. The first-order valence-electron chi connectivity index (χ1n) is 14.0. The summed E-state index contributed by atoms with van der Waals surface area (Å²) in [6.45, 7) is 8.10. The number of ether oxygens (including phenoxy) is 2. The minimum absolute atomic E-state index is 0.122. The monoisotopic (exact) mass is 636 g/mol. The minimum atomic E-state index is -4.85. The second kappa shape index (κ2) is 14.2. The van der Waals surface area contributed by atoms with Gasteiger partial charge >= 0.3 is 12.5 Å². The number of unbranched alkanes of at least 4 members (excludes halogenated alkanes) is 1. The summed E-state index contributed by atoms with van der Waals surface area (Å²) in [5, 5.41) is 19.2. The zero-order valence-corrected chi connectivity index (χ0v) is 25.7. The highest BCUT2D eigenvalue weighted by Gasteiger charge is 2.32. The van der Waals surface area contributed by atoms with Gasteiger partial charge in [0.2, 0.25) is 0 Å². The van der Waals surface area contributed by atoms with Crippen molar-refractivity contribution in [2.24, 2.45) is 0 Å². The number of carbonyl (C=O) groups excluding carboxylic acids is 1. The average Bonchev–Trinajstić information content (AvgIpc) is 3.63. The lowest BCUT2D eigenvalue weighted by Crippen LogP contribution is -2.37. The third kappa shape index (κ3) is 9.74. The molecule has 0 saturated heterocycles. The van der Waals surface area contributed by atoms with Gasteiger partial charge in [0.1, 0.15) is 24.0 Å². The van der Waals surface area contributed by atoms with Crippen LogP contribution in [-0.2, 0) is 11.3 Å². The van der Waals surface area contributed by atoms with E-state index in [0.717, 1.165) is 47.9 Å². The van der Waals surface area contributed by atoms with Crippen LogP contribution < -0.4 is 10.1 Å². The first-order chi connectivity index (χ1) is 20.8. The minimum Gasteiger partial charge on any atom is -0.444 e. The van der Waals surface area contributed by atoms with E-state index in [1.807, 2.05) is 23.7 Å². The Bertz CT molecular complexity index is 1520. The molecule has 0 unspecified atom stereocenters. The molecule has 4 rings (SSSR count). The van der Waals surface area contributed by atoms with Gasteiger partial charge in [-0.05, 0) is 77.0 Å². The molecule has 0 atom stereocenters. The molecule has 44 heavy (non-hydrogen) atoms. The number of benzene rings is 2. The van der Waals surface area contributed by atoms with Crippen molar-refractivity contribution in [2.75, 3.05) is 38.5 Å². The number of halogens is 4. The number of nitrogens with one attached hydrogen (secondary N) is 2. The Morgan fingerprint density at radius 3 is 2.48 bits per heavy atom. The summed E-state index contributed by atoms with van der Waals surface area (Å²) in [6.07, 6.45) is 1.19. The standard InChI is InChI=1S/C29H36ClF3N8O3/c1-28(2,3)44-27(42)40(17-20-7-8-26(23(30)13-20)43-29(31,32)33)11-6-5-10-39(4)12-9-34-24-14-21(41-18-36-37-19-41)15-25-22(24)16-35-38-25/h7-8,13-16,18-19,34H,5-6,9-12,17H2,1-4H3,(H,35,38). The van der Waals surface area contributed by atoms with Gasteiger partial charge in [0.05, 0.1) is 22.4 Å². The van der Waals surface area contributed by atoms with E-state index >= 15 is 0 Å². The van der Waals surface area contributed by atoms with Crippen molar-refractivity contribution in [1.82, 2.24) is 34.8 Å². The maximum Gasteiger partial charge on any atom is 0.573 e. The number of hydrogen-bond donors (Lipinski definition) is 2. The van der Waals surface area contributed by atoms with Crippen molar-refractivity contribution in [1.29, 1.82) is 0 Å². The van der Waals surface area contributed by atoms with E-state index in [9.17, 15) is 18.0 Å². The Hall–Kier alpha value is -4.04. The molecule has 238 valence electrons. The number of amides is 1. The molecule has 0 fully saturated rings. The fourth-order valence-electron chi connectivity index (χ4n) is 4.47. The fraction of sp³-hybridized carbons (Fsp3) is 0.448. The van der Waals surface area contributed by atoms with Crippen molar-refractivity contribution >= 4 is 34.3 Å². The van der Waals surface area contributed by atoms with Crippen LogP contribution in [0.1, 0.15) is 39.2 Å². The van der Waals surface area contributed by atoms with Crippen molar-refractivity contribution < 1.29 is 27.4 Å². The van der Waals surface area contributed by atoms with E-state index in [-0.39, 0.29) is 11.6 Å². The molecule has 2 N–H and O–H groups in total. The van der Waals surface area contributed by atoms with Gasteiger partial charge in [-0.2, -0.15) is 5.10 Å². The maximum atomic E-state index is 12.9. The van der Waals surface area contributed by atoms with Crippen LogP contribution in [0.3, 0.4) is 0 Å². The largest absolute Gasteiger partial charge is 0.573 e. The summed E-state index contributed by atoms with van der Waals surface area (Å²) >= 11 is 6.02. The van der Waals surface area contributed by atoms with Gasteiger partial charge in [-0.1, -0.05) is 17.7 Å². The Balaban J connectivity index is 1.28. The molecule has 0 aliphatic rings. The van der Waals surface area contributed by atoms with Crippen molar-refractivity contribution in [3.63, 3.8) is 0 Å². The number of nitrogens with zero attached hydrogens (tertiary/aromatic N) is 6. The van der Waals surface area contributed by atoms with Crippen LogP contribution in [0.4, 0.5) is 23.7 Å². The molecular weight excluding hydrogens is 601 g/mol. The third-order valence-corrected chi connectivity index (χ3v) is 6.83. The van der Waals surface area contributed by atoms with E-state index in [4.69, 9.17) is 16.3 Å². The maximum absolute atomic E-state index is 12.9. The van der Waals surface area contributed by atoms with E-state index in [0.29, 0.717) is 25.1 Å². The highest BCUT2D eigenvalue weighted by atomic mass is 35.5. The molecule has 11 nitrogen and oxygen atoms in total. The Labute approximate surface area is 258 Å². The normalized spacial score (nSPS) is 12.1. The third-order valence-electron chi connectivity index (χ3n) is 6.53. The second-order valence-electron chi connectivity index (χ2n) is 11.3. The van der Waals surface area contributed by atoms with E-state index in [1.54, 1.807) is 39.6 Å². The number of aromatic nitrogens is 5. The van der Waals surface area contributed by atoms with Crippen molar-refractivity contribution in [3.8, 4) is 11.4 Å². The summed E-state index contributed by atoms with van der Waals surface area (Å²) in [6, 6.07) is 7.96. The fourth-order valence-corrected chi connectivity index (χ4v) is 4.72. The van der Waals surface area contributed by atoms with Crippen molar-refractivity contribution in [3.05, 3.63) is 59.8 Å². The van der Waals surface area contributed by atoms with Crippen LogP contribution in [0, 0.1) is 0 Å². The SMILES string of the molecule is CN(CCCCN(Cc1ccc(OC(F)(F)F)c(Cl)c1)C(=O)OC(C)(C)C)CCNc1cc(-n2cnnc2)cc2[nH]ncc12. The number of carbonyl (C=O) groups is 1. The lowest BCUT2D eigenvalue weighted by Gasteiger charge is -2.28. The highest BCUT2D eigenvalue weighted by molar-refractivity contribution is 6.32. The summed E-state index contributed by atoms with van der Waals surface area (Å²) in [5.74, 6) is -0.498. The molecule has 0 aliphatic heterocycles. The number of rotatable bonds is 13. The summed E-state index contributed by atoms with van der Waals surface area (Å²) < 4.78 is 49.2. The van der Waals surface area contributed by atoms with E-state index < -0.39 is 23.8 Å². The number of H-pyrrole nitrogens is 1. The smallest absolute Gasteiger partial charge is 0.444 e. The molecule has 2 heterocycles. The van der Waals surface area contributed by atoms with Crippen LogP contribution in [0.5, 0.6) is 5.75 Å². The number of likely N-dealkylation sites (N-methyl/N-ethyl adjacent to an activating group) is 1. The molecule has 2 aromatic carbocycles. The molecule has 0 saturated carbocycles. The number of alkyl halides is 3. The predicted octanol–water partition coefficient (Wildman–Crippen LogP) is 6.26. The summed E-state index contributed by atoms with van der Waals surface area (Å²) in [7, 11) is 2.03.